The first kappa shape index (κ1) is 20.0. The number of carbonyl (C=O) groups excluding carboxylic acids is 3. The molecule has 0 unspecified atom stereocenters. The fraction of sp³-hybridized carbons (Fsp3) is 0.235. The van der Waals surface area contributed by atoms with Crippen molar-refractivity contribution in [3.8, 4) is 0 Å². The number of amides is 2. The molecule has 0 radical (unpaired) electrons. The third-order valence-corrected chi connectivity index (χ3v) is 3.51. The Kier molecular flexibility index (Phi) is 5.58. The molecule has 2 amide bonds. The number of benzene rings is 1. The maximum Gasteiger partial charge on any atom is 0.417 e. The maximum absolute atomic E-state index is 13.1. The molecular weight excluding hydrogens is 369 g/mol. The smallest absolute Gasteiger partial charge is 0.417 e. The molecule has 144 valence electrons. The second kappa shape index (κ2) is 7.52. The van der Waals surface area contributed by atoms with Gasteiger partial charge in [-0.05, 0) is 26.0 Å². The Balaban J connectivity index is 2.47. The number of nitrogens with two attached hydrogens (primary N) is 1. The standard InChI is InChI=1S/C17H15F3N2O5/c1-3-26-16(25)11-8(2)27-15(12(11)13(21)23)22-14(24)9-6-4-5-7-10(9)17(18,19)20/h4-7H,3H2,1-2H3,(H2,21,23)(H,22,24). The lowest BCUT2D eigenvalue weighted by Gasteiger charge is -2.12. The average molecular weight is 384 g/mol. The van der Waals surface area contributed by atoms with Crippen molar-refractivity contribution in [3.63, 3.8) is 0 Å². The number of hydrogen-bond acceptors (Lipinski definition) is 5. The van der Waals surface area contributed by atoms with Crippen LogP contribution in [-0.4, -0.2) is 24.4 Å². The number of hydrogen-bond donors (Lipinski definition) is 2. The number of primary amides is 1. The predicted octanol–water partition coefficient (Wildman–Crippen LogP) is 3.13. The predicted molar refractivity (Wildman–Crippen MR) is 87.3 cm³/mol. The second-order valence-electron chi connectivity index (χ2n) is 5.32. The summed E-state index contributed by atoms with van der Waals surface area (Å²) in [6.07, 6.45) is -4.77. The van der Waals surface area contributed by atoms with Crippen LogP contribution in [0.3, 0.4) is 0 Å². The second-order valence-corrected chi connectivity index (χ2v) is 5.32. The normalized spacial score (nSPS) is 11.1. The first-order chi connectivity index (χ1) is 12.6. The third kappa shape index (κ3) is 4.10. The monoisotopic (exact) mass is 384 g/mol. The van der Waals surface area contributed by atoms with Gasteiger partial charge in [-0.3, -0.25) is 14.9 Å². The van der Waals surface area contributed by atoms with Gasteiger partial charge >= 0.3 is 12.1 Å². The number of halogens is 3. The Labute approximate surface area is 151 Å². The summed E-state index contributed by atoms with van der Waals surface area (Å²) in [5.74, 6) is -3.83. The molecule has 1 aromatic heterocycles. The van der Waals surface area contributed by atoms with Crippen LogP contribution in [0.1, 0.15) is 49.3 Å². The van der Waals surface area contributed by atoms with Crippen LogP contribution >= 0.6 is 0 Å². The van der Waals surface area contributed by atoms with E-state index >= 15 is 0 Å². The topological polar surface area (TPSA) is 112 Å². The summed E-state index contributed by atoms with van der Waals surface area (Å²) < 4.78 is 49.2. The lowest BCUT2D eigenvalue weighted by molar-refractivity contribution is -0.137. The van der Waals surface area contributed by atoms with Gasteiger partial charge in [0.1, 0.15) is 16.9 Å². The fourth-order valence-electron chi connectivity index (χ4n) is 2.42. The number of anilines is 1. The third-order valence-electron chi connectivity index (χ3n) is 3.51. The van der Waals surface area contributed by atoms with Gasteiger partial charge in [0.15, 0.2) is 0 Å². The zero-order chi connectivity index (χ0) is 20.4. The van der Waals surface area contributed by atoms with Crippen LogP contribution in [0.4, 0.5) is 19.1 Å². The van der Waals surface area contributed by atoms with Crippen molar-refractivity contribution in [1.29, 1.82) is 0 Å². The van der Waals surface area contributed by atoms with Crippen LogP contribution in [0.2, 0.25) is 0 Å². The molecule has 2 aromatic rings. The minimum atomic E-state index is -4.77. The first-order valence-corrected chi connectivity index (χ1v) is 7.65. The molecule has 10 heteroatoms. The highest BCUT2D eigenvalue weighted by atomic mass is 19.4. The molecule has 0 bridgehead atoms. The zero-order valence-corrected chi connectivity index (χ0v) is 14.3. The summed E-state index contributed by atoms with van der Waals surface area (Å²) >= 11 is 0. The Morgan fingerprint density at radius 1 is 1.19 bits per heavy atom. The number of ether oxygens (including phenoxy) is 1. The van der Waals surface area contributed by atoms with Crippen LogP contribution in [0.25, 0.3) is 0 Å². The number of esters is 1. The molecule has 1 heterocycles. The Hall–Kier alpha value is -3.30. The summed E-state index contributed by atoms with van der Waals surface area (Å²) in [5, 5.41) is 2.06. The van der Waals surface area contributed by atoms with Gasteiger partial charge in [0.2, 0.25) is 5.88 Å². The number of carbonyl (C=O) groups is 3. The molecule has 0 saturated heterocycles. The van der Waals surface area contributed by atoms with E-state index in [1.807, 2.05) is 0 Å². The van der Waals surface area contributed by atoms with E-state index in [0.29, 0.717) is 0 Å². The Morgan fingerprint density at radius 3 is 2.37 bits per heavy atom. The van der Waals surface area contributed by atoms with Crippen molar-refractivity contribution in [2.24, 2.45) is 5.73 Å². The summed E-state index contributed by atoms with van der Waals surface area (Å²) in [5.41, 5.74) is 2.60. The van der Waals surface area contributed by atoms with Crippen molar-refractivity contribution < 1.29 is 36.7 Å². The lowest BCUT2D eigenvalue weighted by Crippen LogP contribution is -2.22. The highest BCUT2D eigenvalue weighted by molar-refractivity contribution is 6.13. The minimum absolute atomic E-state index is 0.00229. The van der Waals surface area contributed by atoms with E-state index in [1.165, 1.54) is 19.9 Å². The van der Waals surface area contributed by atoms with E-state index in [2.05, 4.69) is 5.32 Å². The number of alkyl halides is 3. The van der Waals surface area contributed by atoms with E-state index in [1.54, 1.807) is 0 Å². The number of aryl methyl sites for hydroxylation is 1. The van der Waals surface area contributed by atoms with Gasteiger partial charge in [-0.15, -0.1) is 0 Å². The van der Waals surface area contributed by atoms with E-state index in [4.69, 9.17) is 14.9 Å². The van der Waals surface area contributed by atoms with Crippen LogP contribution in [0.15, 0.2) is 28.7 Å². The number of nitrogens with one attached hydrogen (secondary N) is 1. The molecule has 0 spiro atoms. The molecule has 0 atom stereocenters. The van der Waals surface area contributed by atoms with Gasteiger partial charge in [0.05, 0.1) is 17.7 Å². The molecule has 0 fully saturated rings. The summed E-state index contributed by atoms with van der Waals surface area (Å²) in [6.45, 7) is 2.86. The number of furan rings is 1. The average Bonchev–Trinajstić information content (AvgIpc) is 2.90. The van der Waals surface area contributed by atoms with Crippen molar-refractivity contribution in [1.82, 2.24) is 0 Å². The van der Waals surface area contributed by atoms with Gasteiger partial charge in [-0.2, -0.15) is 13.2 Å². The highest BCUT2D eigenvalue weighted by Gasteiger charge is 2.36. The first-order valence-electron chi connectivity index (χ1n) is 7.65. The lowest BCUT2D eigenvalue weighted by atomic mass is 10.1. The summed E-state index contributed by atoms with van der Waals surface area (Å²) in [6, 6.07) is 4.08. The molecule has 0 saturated carbocycles. The van der Waals surface area contributed by atoms with Crippen LogP contribution in [0, 0.1) is 6.92 Å². The van der Waals surface area contributed by atoms with Gasteiger partial charge in [-0.25, -0.2) is 4.79 Å². The summed E-state index contributed by atoms with van der Waals surface area (Å²) in [7, 11) is 0. The fourth-order valence-corrected chi connectivity index (χ4v) is 2.42. The number of rotatable bonds is 5. The van der Waals surface area contributed by atoms with Gasteiger partial charge < -0.3 is 14.9 Å². The molecule has 3 N–H and O–H groups in total. The van der Waals surface area contributed by atoms with E-state index in [-0.39, 0.29) is 17.9 Å². The minimum Gasteiger partial charge on any atom is -0.462 e. The molecule has 7 nitrogen and oxygen atoms in total. The molecule has 2 rings (SSSR count). The summed E-state index contributed by atoms with van der Waals surface area (Å²) in [4.78, 5) is 36.1. The van der Waals surface area contributed by atoms with Crippen LogP contribution in [0.5, 0.6) is 0 Å². The molecular formula is C17H15F3N2O5. The molecule has 0 aliphatic rings. The quantitative estimate of drug-likeness (QED) is 0.770. The van der Waals surface area contributed by atoms with Gasteiger partial charge in [0, 0.05) is 0 Å². The SMILES string of the molecule is CCOC(=O)c1c(C)oc(NC(=O)c2ccccc2C(F)(F)F)c1C(N)=O. The highest BCUT2D eigenvalue weighted by Crippen LogP contribution is 2.33. The van der Waals surface area contributed by atoms with Crippen molar-refractivity contribution >= 4 is 23.7 Å². The largest absolute Gasteiger partial charge is 0.462 e. The van der Waals surface area contributed by atoms with E-state index in [0.717, 1.165) is 18.2 Å². The van der Waals surface area contributed by atoms with Crippen molar-refractivity contribution in [3.05, 3.63) is 52.3 Å². The van der Waals surface area contributed by atoms with E-state index < -0.39 is 46.5 Å². The molecule has 27 heavy (non-hydrogen) atoms. The zero-order valence-electron chi connectivity index (χ0n) is 14.3. The Morgan fingerprint density at radius 2 is 1.81 bits per heavy atom. The molecule has 0 aliphatic carbocycles. The Bertz CT molecular complexity index is 902. The van der Waals surface area contributed by atoms with Crippen molar-refractivity contribution in [2.45, 2.75) is 20.0 Å². The molecule has 0 aliphatic heterocycles. The van der Waals surface area contributed by atoms with Crippen LogP contribution in [-0.2, 0) is 10.9 Å². The maximum atomic E-state index is 13.1. The van der Waals surface area contributed by atoms with E-state index in [9.17, 15) is 27.6 Å². The van der Waals surface area contributed by atoms with Gasteiger partial charge in [-0.1, -0.05) is 12.1 Å². The van der Waals surface area contributed by atoms with Crippen molar-refractivity contribution in [2.75, 3.05) is 11.9 Å². The van der Waals surface area contributed by atoms with Crippen LogP contribution < -0.4 is 11.1 Å². The molecule has 1 aromatic carbocycles. The van der Waals surface area contributed by atoms with Gasteiger partial charge in [0.25, 0.3) is 11.8 Å².